The van der Waals surface area contributed by atoms with E-state index in [2.05, 4.69) is 11.2 Å². The highest BCUT2D eigenvalue weighted by Gasteiger charge is 2.25. The Morgan fingerprint density at radius 1 is 1.23 bits per heavy atom. The molecule has 1 saturated heterocycles. The van der Waals surface area contributed by atoms with Gasteiger partial charge in [-0.2, -0.15) is 5.10 Å². The lowest BCUT2D eigenvalue weighted by atomic mass is 9.93. The topological polar surface area (TPSA) is 64.2 Å². The summed E-state index contributed by atoms with van der Waals surface area (Å²) in [5, 5.41) is 4.24. The van der Waals surface area contributed by atoms with E-state index in [-0.39, 0.29) is 5.91 Å². The maximum Gasteiger partial charge on any atom is 0.253 e. The molecule has 1 aromatic heterocycles. The van der Waals surface area contributed by atoms with Crippen LogP contribution in [0.3, 0.4) is 0 Å². The fraction of sp³-hybridized carbons (Fsp3) is 0.412. The first-order valence-corrected chi connectivity index (χ1v) is 7.75. The number of rotatable bonds is 3. The molecular formula is C17H22N4O. The number of nitrogens with zero attached hydrogens (tertiary/aromatic N) is 3. The second kappa shape index (κ2) is 6.32. The van der Waals surface area contributed by atoms with Crippen LogP contribution >= 0.6 is 0 Å². The first-order valence-electron chi connectivity index (χ1n) is 7.75. The maximum absolute atomic E-state index is 12.5. The highest BCUT2D eigenvalue weighted by atomic mass is 16.2. The predicted molar refractivity (Wildman–Crippen MR) is 85.4 cm³/mol. The molecule has 0 spiro atoms. The SMILES string of the molecule is Cn1nccc1C1CCN(C(=O)c2ccc(CN)cc2)CC1. The Bertz CT molecular complexity index is 639. The van der Waals surface area contributed by atoms with E-state index in [1.54, 1.807) is 0 Å². The summed E-state index contributed by atoms with van der Waals surface area (Å²) in [5.41, 5.74) is 8.65. The Kier molecular flexibility index (Phi) is 4.24. The zero-order valence-electron chi connectivity index (χ0n) is 12.9. The van der Waals surface area contributed by atoms with Crippen molar-refractivity contribution in [3.8, 4) is 0 Å². The molecule has 1 fully saturated rings. The van der Waals surface area contributed by atoms with Gasteiger partial charge in [0.1, 0.15) is 0 Å². The van der Waals surface area contributed by atoms with E-state index in [1.807, 2.05) is 47.1 Å². The molecule has 2 heterocycles. The lowest BCUT2D eigenvalue weighted by Crippen LogP contribution is -2.38. The third-order valence-electron chi connectivity index (χ3n) is 4.50. The van der Waals surface area contributed by atoms with Gasteiger partial charge in [0.05, 0.1) is 0 Å². The fourth-order valence-corrected chi connectivity index (χ4v) is 3.13. The first kappa shape index (κ1) is 14.8. The summed E-state index contributed by atoms with van der Waals surface area (Å²) in [7, 11) is 1.98. The van der Waals surface area contributed by atoms with Crippen molar-refractivity contribution in [1.29, 1.82) is 0 Å². The molecule has 5 heteroatoms. The summed E-state index contributed by atoms with van der Waals surface area (Å²) in [6, 6.07) is 9.67. The molecule has 1 aliphatic heterocycles. The molecule has 0 bridgehead atoms. The number of hydrogen-bond donors (Lipinski definition) is 1. The summed E-state index contributed by atoms with van der Waals surface area (Å²) in [4.78, 5) is 14.5. The molecule has 2 N–H and O–H groups in total. The van der Waals surface area contributed by atoms with Crippen molar-refractivity contribution in [2.45, 2.75) is 25.3 Å². The minimum absolute atomic E-state index is 0.118. The molecule has 0 atom stereocenters. The van der Waals surface area contributed by atoms with Crippen molar-refractivity contribution in [2.24, 2.45) is 12.8 Å². The molecule has 1 amide bonds. The van der Waals surface area contributed by atoms with Crippen LogP contribution in [0.1, 0.15) is 40.4 Å². The van der Waals surface area contributed by atoms with Crippen LogP contribution in [-0.4, -0.2) is 33.7 Å². The molecule has 0 radical (unpaired) electrons. The van der Waals surface area contributed by atoms with Gasteiger partial charge < -0.3 is 10.6 Å². The average Bonchev–Trinajstić information content (AvgIpc) is 3.00. The molecule has 116 valence electrons. The Morgan fingerprint density at radius 3 is 2.45 bits per heavy atom. The predicted octanol–water partition coefficient (Wildman–Crippen LogP) is 1.90. The summed E-state index contributed by atoms with van der Waals surface area (Å²) in [5.74, 6) is 0.614. The quantitative estimate of drug-likeness (QED) is 0.941. The number of carbonyl (C=O) groups excluding carboxylic acids is 1. The molecule has 2 aromatic rings. The van der Waals surface area contributed by atoms with Crippen molar-refractivity contribution >= 4 is 5.91 Å². The zero-order chi connectivity index (χ0) is 15.5. The number of hydrogen-bond acceptors (Lipinski definition) is 3. The number of aryl methyl sites for hydroxylation is 1. The number of amides is 1. The van der Waals surface area contributed by atoms with Gasteiger partial charge in [-0.05, 0) is 36.6 Å². The third-order valence-corrected chi connectivity index (χ3v) is 4.50. The Morgan fingerprint density at radius 2 is 1.91 bits per heavy atom. The van der Waals surface area contributed by atoms with Gasteiger partial charge in [-0.1, -0.05) is 12.1 Å². The highest BCUT2D eigenvalue weighted by molar-refractivity contribution is 5.94. The van der Waals surface area contributed by atoms with Gasteiger partial charge in [0.15, 0.2) is 0 Å². The number of aromatic nitrogens is 2. The van der Waals surface area contributed by atoms with Gasteiger partial charge in [0, 0.05) is 50.1 Å². The van der Waals surface area contributed by atoms with Gasteiger partial charge in [0.25, 0.3) is 5.91 Å². The molecule has 0 unspecified atom stereocenters. The Hall–Kier alpha value is -2.14. The monoisotopic (exact) mass is 298 g/mol. The van der Waals surface area contributed by atoms with Crippen molar-refractivity contribution in [2.75, 3.05) is 13.1 Å². The number of piperidine rings is 1. The summed E-state index contributed by atoms with van der Waals surface area (Å²) < 4.78 is 1.94. The van der Waals surface area contributed by atoms with Gasteiger partial charge in [-0.15, -0.1) is 0 Å². The van der Waals surface area contributed by atoms with Crippen LogP contribution in [0.2, 0.25) is 0 Å². The van der Waals surface area contributed by atoms with Crippen molar-refractivity contribution in [3.05, 3.63) is 53.3 Å². The molecule has 1 aromatic carbocycles. The average molecular weight is 298 g/mol. The van der Waals surface area contributed by atoms with E-state index in [9.17, 15) is 4.79 Å². The van der Waals surface area contributed by atoms with Crippen LogP contribution in [0.15, 0.2) is 36.5 Å². The second-order valence-electron chi connectivity index (χ2n) is 5.85. The molecule has 0 saturated carbocycles. The normalized spacial score (nSPS) is 16.0. The lowest BCUT2D eigenvalue weighted by molar-refractivity contribution is 0.0711. The third kappa shape index (κ3) is 2.90. The van der Waals surface area contributed by atoms with Crippen LogP contribution < -0.4 is 5.73 Å². The summed E-state index contributed by atoms with van der Waals surface area (Å²) in [6.45, 7) is 2.10. The van der Waals surface area contributed by atoms with Crippen LogP contribution in [-0.2, 0) is 13.6 Å². The number of benzene rings is 1. The highest BCUT2D eigenvalue weighted by Crippen LogP contribution is 2.28. The minimum Gasteiger partial charge on any atom is -0.339 e. The van der Waals surface area contributed by atoms with Gasteiger partial charge in [0.2, 0.25) is 0 Å². The van der Waals surface area contributed by atoms with Crippen LogP contribution in [0.5, 0.6) is 0 Å². The molecule has 3 rings (SSSR count). The number of nitrogens with two attached hydrogens (primary N) is 1. The van der Waals surface area contributed by atoms with Crippen LogP contribution in [0.4, 0.5) is 0 Å². The zero-order valence-corrected chi connectivity index (χ0v) is 12.9. The van der Waals surface area contributed by atoms with Crippen molar-refractivity contribution in [3.63, 3.8) is 0 Å². The molecule has 0 aliphatic carbocycles. The van der Waals surface area contributed by atoms with Crippen molar-refractivity contribution < 1.29 is 4.79 Å². The van der Waals surface area contributed by atoms with Crippen LogP contribution in [0, 0.1) is 0 Å². The van der Waals surface area contributed by atoms with Gasteiger partial charge in [-0.25, -0.2) is 0 Å². The number of likely N-dealkylation sites (tertiary alicyclic amines) is 1. The molecule has 1 aliphatic rings. The Labute approximate surface area is 130 Å². The molecular weight excluding hydrogens is 276 g/mol. The lowest BCUT2D eigenvalue weighted by Gasteiger charge is -2.32. The summed E-state index contributed by atoms with van der Waals surface area (Å²) in [6.07, 6.45) is 3.82. The van der Waals surface area contributed by atoms with E-state index in [1.165, 1.54) is 5.69 Å². The second-order valence-corrected chi connectivity index (χ2v) is 5.85. The van der Waals surface area contributed by atoms with Crippen LogP contribution in [0.25, 0.3) is 0 Å². The number of carbonyl (C=O) groups is 1. The van der Waals surface area contributed by atoms with E-state index in [0.717, 1.165) is 37.1 Å². The summed E-state index contributed by atoms with van der Waals surface area (Å²) >= 11 is 0. The van der Waals surface area contributed by atoms with E-state index < -0.39 is 0 Å². The van der Waals surface area contributed by atoms with E-state index in [0.29, 0.717) is 12.5 Å². The first-order chi connectivity index (χ1) is 10.7. The Balaban J connectivity index is 1.63. The largest absolute Gasteiger partial charge is 0.339 e. The van der Waals surface area contributed by atoms with Gasteiger partial charge >= 0.3 is 0 Å². The maximum atomic E-state index is 12.5. The molecule has 5 nitrogen and oxygen atoms in total. The van der Waals surface area contributed by atoms with Crippen molar-refractivity contribution in [1.82, 2.24) is 14.7 Å². The van der Waals surface area contributed by atoms with E-state index in [4.69, 9.17) is 5.73 Å². The minimum atomic E-state index is 0.118. The molecule has 22 heavy (non-hydrogen) atoms. The van der Waals surface area contributed by atoms with Gasteiger partial charge in [-0.3, -0.25) is 9.48 Å². The van der Waals surface area contributed by atoms with E-state index >= 15 is 0 Å². The smallest absolute Gasteiger partial charge is 0.253 e. The standard InChI is InChI=1S/C17H22N4O/c1-20-16(6-9-19-20)14-7-10-21(11-8-14)17(22)15-4-2-13(12-18)3-5-15/h2-6,9,14H,7-8,10-12,18H2,1H3. The fourth-order valence-electron chi connectivity index (χ4n) is 3.13.